The number of carbonyl (C=O) groups excluding carboxylic acids is 1. The highest BCUT2D eigenvalue weighted by molar-refractivity contribution is 5.94. The summed E-state index contributed by atoms with van der Waals surface area (Å²) in [6.07, 6.45) is 4.91. The van der Waals surface area contributed by atoms with Crippen LogP contribution in [0.2, 0.25) is 0 Å². The molecule has 6 nitrogen and oxygen atoms in total. The molecule has 2 heterocycles. The summed E-state index contributed by atoms with van der Waals surface area (Å²) in [6.45, 7) is 4.31. The molecule has 0 aliphatic heterocycles. The topological polar surface area (TPSA) is 76.4 Å². The second-order valence-electron chi connectivity index (χ2n) is 6.04. The van der Waals surface area contributed by atoms with Gasteiger partial charge >= 0.3 is 0 Å². The van der Waals surface area contributed by atoms with Gasteiger partial charge in [0.2, 0.25) is 0 Å². The van der Waals surface area contributed by atoms with E-state index >= 15 is 0 Å². The van der Waals surface area contributed by atoms with Crippen molar-refractivity contribution in [3.63, 3.8) is 0 Å². The van der Waals surface area contributed by atoms with E-state index < -0.39 is 0 Å². The SMILES string of the molecule is CC(C)Oc1ccc(Nc2cncc(C(=O)NCc3ccco3)c2)cc1. The van der Waals surface area contributed by atoms with Crippen LogP contribution in [0.4, 0.5) is 11.4 Å². The first kappa shape index (κ1) is 17.5. The van der Waals surface area contributed by atoms with Gasteiger partial charge in [0.25, 0.3) is 5.91 Å². The molecule has 2 N–H and O–H groups in total. The summed E-state index contributed by atoms with van der Waals surface area (Å²) >= 11 is 0. The lowest BCUT2D eigenvalue weighted by molar-refractivity contribution is 0.0947. The third-order valence-corrected chi connectivity index (χ3v) is 3.52. The van der Waals surface area contributed by atoms with Crippen molar-refractivity contribution < 1.29 is 13.9 Å². The van der Waals surface area contributed by atoms with Crippen molar-refractivity contribution in [2.75, 3.05) is 5.32 Å². The molecule has 0 radical (unpaired) electrons. The molecule has 6 heteroatoms. The Balaban J connectivity index is 1.62. The van der Waals surface area contributed by atoms with Gasteiger partial charge in [-0.1, -0.05) is 0 Å². The molecule has 26 heavy (non-hydrogen) atoms. The molecule has 2 aromatic heterocycles. The minimum Gasteiger partial charge on any atom is -0.491 e. The molecule has 1 amide bonds. The van der Waals surface area contributed by atoms with Gasteiger partial charge in [-0.15, -0.1) is 0 Å². The Morgan fingerprint density at radius 3 is 2.65 bits per heavy atom. The Labute approximate surface area is 152 Å². The van der Waals surface area contributed by atoms with Crippen molar-refractivity contribution in [3.05, 3.63) is 72.4 Å². The number of nitrogens with zero attached hydrogens (tertiary/aromatic N) is 1. The zero-order valence-corrected chi connectivity index (χ0v) is 14.7. The standard InChI is InChI=1S/C20H21N3O3/c1-14(2)26-18-7-5-16(6-8-18)23-17-10-15(11-21-12-17)20(24)22-13-19-4-3-9-25-19/h3-12,14,23H,13H2,1-2H3,(H,22,24). The van der Waals surface area contributed by atoms with Crippen molar-refractivity contribution in [1.82, 2.24) is 10.3 Å². The maximum absolute atomic E-state index is 12.3. The number of rotatable bonds is 7. The Kier molecular flexibility index (Phi) is 5.53. The van der Waals surface area contributed by atoms with Gasteiger partial charge in [0.05, 0.1) is 36.4 Å². The fourth-order valence-corrected chi connectivity index (χ4v) is 2.37. The van der Waals surface area contributed by atoms with E-state index in [1.54, 1.807) is 24.6 Å². The van der Waals surface area contributed by atoms with Crippen LogP contribution in [0.15, 0.2) is 65.5 Å². The summed E-state index contributed by atoms with van der Waals surface area (Å²) in [6, 6.07) is 13.0. The Morgan fingerprint density at radius 1 is 1.15 bits per heavy atom. The summed E-state index contributed by atoms with van der Waals surface area (Å²) < 4.78 is 10.8. The third-order valence-electron chi connectivity index (χ3n) is 3.52. The number of pyridine rings is 1. The highest BCUT2D eigenvalue weighted by Gasteiger charge is 2.08. The predicted octanol–water partition coefficient (Wildman–Crippen LogP) is 4.14. The molecule has 0 atom stereocenters. The average Bonchev–Trinajstić information content (AvgIpc) is 3.15. The maximum atomic E-state index is 12.3. The van der Waals surface area contributed by atoms with Gasteiger partial charge in [-0.2, -0.15) is 0 Å². The molecule has 0 aliphatic rings. The minimum atomic E-state index is -0.210. The van der Waals surface area contributed by atoms with Crippen LogP contribution >= 0.6 is 0 Å². The number of nitrogens with one attached hydrogen (secondary N) is 2. The first-order valence-electron chi connectivity index (χ1n) is 8.39. The second kappa shape index (κ2) is 8.20. The molecule has 0 aliphatic carbocycles. The van der Waals surface area contributed by atoms with Crippen molar-refractivity contribution in [2.24, 2.45) is 0 Å². The Morgan fingerprint density at radius 2 is 1.96 bits per heavy atom. The molecule has 0 saturated heterocycles. The van der Waals surface area contributed by atoms with Crippen LogP contribution in [0.3, 0.4) is 0 Å². The number of ether oxygens (including phenoxy) is 1. The van der Waals surface area contributed by atoms with E-state index in [2.05, 4.69) is 15.6 Å². The number of hydrogen-bond donors (Lipinski definition) is 2. The van der Waals surface area contributed by atoms with E-state index in [0.29, 0.717) is 17.9 Å². The quantitative estimate of drug-likeness (QED) is 0.669. The van der Waals surface area contributed by atoms with Crippen LogP contribution in [0, 0.1) is 0 Å². The van der Waals surface area contributed by atoms with Gasteiger partial charge < -0.3 is 19.8 Å². The van der Waals surface area contributed by atoms with Crippen molar-refractivity contribution in [3.8, 4) is 5.75 Å². The van der Waals surface area contributed by atoms with E-state index in [1.807, 2.05) is 44.2 Å². The van der Waals surface area contributed by atoms with Gasteiger partial charge in [-0.3, -0.25) is 9.78 Å². The number of hydrogen-bond acceptors (Lipinski definition) is 5. The lowest BCUT2D eigenvalue weighted by Gasteiger charge is -2.11. The fourth-order valence-electron chi connectivity index (χ4n) is 2.37. The summed E-state index contributed by atoms with van der Waals surface area (Å²) in [5.41, 5.74) is 2.09. The fraction of sp³-hybridized carbons (Fsp3) is 0.200. The van der Waals surface area contributed by atoms with E-state index in [0.717, 1.165) is 17.1 Å². The zero-order chi connectivity index (χ0) is 18.4. The summed E-state index contributed by atoms with van der Waals surface area (Å²) in [5, 5.41) is 6.03. The largest absolute Gasteiger partial charge is 0.491 e. The maximum Gasteiger partial charge on any atom is 0.253 e. The van der Waals surface area contributed by atoms with Crippen molar-refractivity contribution >= 4 is 17.3 Å². The van der Waals surface area contributed by atoms with Gasteiger partial charge in [-0.25, -0.2) is 0 Å². The van der Waals surface area contributed by atoms with E-state index in [-0.39, 0.29) is 12.0 Å². The first-order chi connectivity index (χ1) is 12.6. The monoisotopic (exact) mass is 351 g/mol. The van der Waals surface area contributed by atoms with Crippen LogP contribution in [0.25, 0.3) is 0 Å². The van der Waals surface area contributed by atoms with Crippen molar-refractivity contribution in [2.45, 2.75) is 26.5 Å². The highest BCUT2D eigenvalue weighted by Crippen LogP contribution is 2.21. The van der Waals surface area contributed by atoms with E-state index in [1.165, 1.54) is 6.20 Å². The molecule has 0 spiro atoms. The van der Waals surface area contributed by atoms with Gasteiger partial charge in [-0.05, 0) is 56.3 Å². The molecule has 3 aromatic rings. The van der Waals surface area contributed by atoms with E-state index in [4.69, 9.17) is 9.15 Å². The van der Waals surface area contributed by atoms with Crippen LogP contribution < -0.4 is 15.4 Å². The summed E-state index contributed by atoms with van der Waals surface area (Å²) in [5.74, 6) is 1.30. The van der Waals surface area contributed by atoms with Crippen LogP contribution in [0.1, 0.15) is 30.0 Å². The third kappa shape index (κ3) is 4.86. The van der Waals surface area contributed by atoms with E-state index in [9.17, 15) is 4.79 Å². The lowest BCUT2D eigenvalue weighted by Crippen LogP contribution is -2.22. The first-order valence-corrected chi connectivity index (χ1v) is 8.39. The number of anilines is 2. The molecular weight excluding hydrogens is 330 g/mol. The molecule has 0 saturated carbocycles. The summed E-state index contributed by atoms with van der Waals surface area (Å²) in [7, 11) is 0. The number of amides is 1. The number of carbonyl (C=O) groups is 1. The van der Waals surface area contributed by atoms with Crippen molar-refractivity contribution in [1.29, 1.82) is 0 Å². The van der Waals surface area contributed by atoms with Crippen LogP contribution in [-0.2, 0) is 6.54 Å². The normalized spacial score (nSPS) is 10.6. The zero-order valence-electron chi connectivity index (χ0n) is 14.7. The number of furan rings is 1. The number of aromatic nitrogens is 1. The lowest BCUT2D eigenvalue weighted by atomic mass is 10.2. The molecule has 1 aromatic carbocycles. The van der Waals surface area contributed by atoms with Gasteiger partial charge in [0, 0.05) is 11.9 Å². The average molecular weight is 351 g/mol. The van der Waals surface area contributed by atoms with Crippen LogP contribution in [0.5, 0.6) is 5.75 Å². The minimum absolute atomic E-state index is 0.134. The highest BCUT2D eigenvalue weighted by atomic mass is 16.5. The Bertz CT molecular complexity index is 843. The molecule has 0 fully saturated rings. The smallest absolute Gasteiger partial charge is 0.253 e. The molecule has 134 valence electrons. The molecule has 0 bridgehead atoms. The molecule has 3 rings (SSSR count). The Hall–Kier alpha value is -3.28. The number of benzene rings is 1. The second-order valence-corrected chi connectivity index (χ2v) is 6.04. The van der Waals surface area contributed by atoms with Gasteiger partial charge in [0.15, 0.2) is 0 Å². The predicted molar refractivity (Wildman–Crippen MR) is 99.6 cm³/mol. The van der Waals surface area contributed by atoms with Gasteiger partial charge in [0.1, 0.15) is 11.5 Å². The molecule has 0 unspecified atom stereocenters. The van der Waals surface area contributed by atoms with Crippen LogP contribution in [-0.4, -0.2) is 17.0 Å². The molecular formula is C20H21N3O3. The summed E-state index contributed by atoms with van der Waals surface area (Å²) in [4.78, 5) is 16.4.